The van der Waals surface area contributed by atoms with E-state index in [1.807, 2.05) is 52.9 Å². The molecule has 1 aromatic carbocycles. The molecular weight excluding hydrogens is 389 g/mol. The first-order valence-corrected chi connectivity index (χ1v) is 7.35. The summed E-state index contributed by atoms with van der Waals surface area (Å²) in [5.74, 6) is 0. The van der Waals surface area contributed by atoms with Crippen LogP contribution in [-0.4, -0.2) is 14.5 Å². The quantitative estimate of drug-likeness (QED) is 0.493. The minimum atomic E-state index is -0.133. The summed E-state index contributed by atoms with van der Waals surface area (Å²) in [6.45, 7) is 0.446. The number of nitrogens with zero attached hydrogens (tertiary/aromatic N) is 3. The van der Waals surface area contributed by atoms with Gasteiger partial charge in [0.2, 0.25) is 0 Å². The van der Waals surface area contributed by atoms with Crippen LogP contribution in [0.1, 0.15) is 5.56 Å². The second-order valence-corrected chi connectivity index (χ2v) is 5.71. The number of benzene rings is 1. The normalized spacial score (nSPS) is 10.9. The molecule has 0 atom stereocenters. The molecule has 4 nitrogen and oxygen atoms in total. The van der Waals surface area contributed by atoms with Crippen molar-refractivity contribution in [2.45, 2.75) is 6.54 Å². The molecule has 0 aliphatic rings. The predicted octanol–water partition coefficient (Wildman–Crippen LogP) is 3.10. The van der Waals surface area contributed by atoms with Gasteiger partial charge in [0.1, 0.15) is 8.72 Å². The Morgan fingerprint density at radius 2 is 2.00 bits per heavy atom. The van der Waals surface area contributed by atoms with Crippen LogP contribution in [0.15, 0.2) is 47.7 Å². The maximum atomic E-state index is 12.1. The molecule has 0 fully saturated rings. The number of hydrogen-bond donors (Lipinski definition) is 0. The molecule has 0 unspecified atom stereocenters. The molecule has 3 rings (SSSR count). The Labute approximate surface area is 133 Å². The van der Waals surface area contributed by atoms with E-state index in [0.29, 0.717) is 10.1 Å². The van der Waals surface area contributed by atoms with Crippen molar-refractivity contribution in [3.63, 3.8) is 0 Å². The molecule has 100 valence electrons. The fraction of sp³-hybridized carbons (Fsp3) is 0.0714. The van der Waals surface area contributed by atoms with E-state index in [2.05, 4.69) is 9.97 Å². The predicted molar refractivity (Wildman–Crippen MR) is 87.1 cm³/mol. The molecule has 0 aliphatic carbocycles. The van der Waals surface area contributed by atoms with Crippen LogP contribution in [0.4, 0.5) is 0 Å². The molecule has 20 heavy (non-hydrogen) atoms. The number of rotatable bonds is 2. The molecule has 0 saturated carbocycles. The van der Waals surface area contributed by atoms with Crippen LogP contribution in [0.3, 0.4) is 0 Å². The Hall–Kier alpha value is -1.47. The summed E-state index contributed by atoms with van der Waals surface area (Å²) in [6.07, 6.45) is 3.22. The van der Waals surface area contributed by atoms with E-state index in [9.17, 15) is 4.79 Å². The summed E-state index contributed by atoms with van der Waals surface area (Å²) in [4.78, 5) is 20.5. The minimum Gasteiger partial charge on any atom is -0.294 e. The van der Waals surface area contributed by atoms with Crippen molar-refractivity contribution in [3.05, 3.63) is 67.5 Å². The Morgan fingerprint density at radius 3 is 2.85 bits per heavy atom. The maximum absolute atomic E-state index is 12.1. The zero-order valence-electron chi connectivity index (χ0n) is 10.3. The molecular formula is C14H9ClIN3O. The zero-order valence-corrected chi connectivity index (χ0v) is 13.2. The van der Waals surface area contributed by atoms with Crippen molar-refractivity contribution in [1.82, 2.24) is 14.5 Å². The standard InChI is InChI=1S/C14H9ClIN3O/c15-13-12(16)14(20)19(8-18-13)7-9-5-6-17-11-4-2-1-3-10(9)11/h1-6,8H,7H2. The number of hydrogen-bond acceptors (Lipinski definition) is 3. The summed E-state index contributed by atoms with van der Waals surface area (Å²) >= 11 is 7.76. The second-order valence-electron chi connectivity index (χ2n) is 4.27. The van der Waals surface area contributed by atoms with Crippen LogP contribution in [0.5, 0.6) is 0 Å². The summed E-state index contributed by atoms with van der Waals surface area (Å²) in [6, 6.07) is 9.76. The molecule has 0 aliphatic heterocycles. The first-order chi connectivity index (χ1) is 9.66. The average Bonchev–Trinajstić information content (AvgIpc) is 2.48. The lowest BCUT2D eigenvalue weighted by Gasteiger charge is -2.09. The third-order valence-corrected chi connectivity index (χ3v) is 4.60. The summed E-state index contributed by atoms with van der Waals surface area (Å²) in [7, 11) is 0. The van der Waals surface area contributed by atoms with Gasteiger partial charge in [0, 0.05) is 11.6 Å². The van der Waals surface area contributed by atoms with Gasteiger partial charge in [-0.05, 0) is 40.3 Å². The number of fused-ring (bicyclic) bond motifs is 1. The highest BCUT2D eigenvalue weighted by molar-refractivity contribution is 14.1. The first kappa shape index (κ1) is 13.5. The fourth-order valence-corrected chi connectivity index (χ4v) is 2.61. The number of para-hydroxylation sites is 1. The Balaban J connectivity index is 2.11. The molecule has 3 aromatic rings. The lowest BCUT2D eigenvalue weighted by Crippen LogP contribution is -2.23. The third kappa shape index (κ3) is 2.43. The second kappa shape index (κ2) is 5.49. The first-order valence-electron chi connectivity index (χ1n) is 5.90. The van der Waals surface area contributed by atoms with Gasteiger partial charge in [-0.1, -0.05) is 29.8 Å². The van der Waals surface area contributed by atoms with Gasteiger partial charge in [-0.2, -0.15) is 0 Å². The van der Waals surface area contributed by atoms with E-state index in [-0.39, 0.29) is 10.7 Å². The Bertz CT molecular complexity index is 842. The van der Waals surface area contributed by atoms with E-state index < -0.39 is 0 Å². The summed E-state index contributed by atoms with van der Waals surface area (Å²) < 4.78 is 1.99. The Morgan fingerprint density at radius 1 is 1.20 bits per heavy atom. The topological polar surface area (TPSA) is 47.8 Å². The van der Waals surface area contributed by atoms with Crippen molar-refractivity contribution < 1.29 is 0 Å². The number of aromatic nitrogens is 3. The highest BCUT2D eigenvalue weighted by atomic mass is 127. The average molecular weight is 398 g/mol. The van der Waals surface area contributed by atoms with E-state index >= 15 is 0 Å². The van der Waals surface area contributed by atoms with Gasteiger partial charge in [0.15, 0.2) is 0 Å². The van der Waals surface area contributed by atoms with Gasteiger partial charge in [-0.3, -0.25) is 14.3 Å². The van der Waals surface area contributed by atoms with Gasteiger partial charge in [-0.15, -0.1) is 0 Å². The van der Waals surface area contributed by atoms with Crippen LogP contribution < -0.4 is 5.56 Å². The minimum absolute atomic E-state index is 0.133. The molecule has 0 amide bonds. The summed E-state index contributed by atoms with van der Waals surface area (Å²) in [5, 5.41) is 1.28. The van der Waals surface area contributed by atoms with Gasteiger partial charge >= 0.3 is 0 Å². The van der Waals surface area contributed by atoms with Gasteiger partial charge < -0.3 is 0 Å². The highest BCUT2D eigenvalue weighted by Gasteiger charge is 2.08. The maximum Gasteiger partial charge on any atom is 0.268 e. The van der Waals surface area contributed by atoms with Crippen LogP contribution in [0.25, 0.3) is 10.9 Å². The molecule has 6 heteroatoms. The number of pyridine rings is 1. The van der Waals surface area contributed by atoms with Crippen molar-refractivity contribution >= 4 is 45.1 Å². The van der Waals surface area contributed by atoms with E-state index in [0.717, 1.165) is 16.5 Å². The zero-order chi connectivity index (χ0) is 14.1. The van der Waals surface area contributed by atoms with Gasteiger partial charge in [0.25, 0.3) is 5.56 Å². The summed E-state index contributed by atoms with van der Waals surface area (Å²) in [5.41, 5.74) is 1.80. The van der Waals surface area contributed by atoms with Crippen molar-refractivity contribution in [1.29, 1.82) is 0 Å². The SMILES string of the molecule is O=c1c(I)c(Cl)ncn1Cc1ccnc2ccccc12. The lowest BCUT2D eigenvalue weighted by atomic mass is 10.1. The molecule has 0 radical (unpaired) electrons. The van der Waals surface area contributed by atoms with E-state index in [4.69, 9.17) is 11.6 Å². The molecule has 2 heterocycles. The highest BCUT2D eigenvalue weighted by Crippen LogP contribution is 2.17. The van der Waals surface area contributed by atoms with E-state index in [1.54, 1.807) is 10.8 Å². The molecule has 2 aromatic heterocycles. The molecule has 0 saturated heterocycles. The molecule has 0 spiro atoms. The van der Waals surface area contributed by atoms with Gasteiger partial charge in [0.05, 0.1) is 18.4 Å². The van der Waals surface area contributed by atoms with Crippen LogP contribution >= 0.6 is 34.2 Å². The van der Waals surface area contributed by atoms with Crippen LogP contribution in [0, 0.1) is 3.57 Å². The van der Waals surface area contributed by atoms with Gasteiger partial charge in [-0.25, -0.2) is 4.98 Å². The number of halogens is 2. The van der Waals surface area contributed by atoms with Crippen LogP contribution in [-0.2, 0) is 6.54 Å². The lowest BCUT2D eigenvalue weighted by molar-refractivity contribution is 0.733. The monoisotopic (exact) mass is 397 g/mol. The molecule has 0 N–H and O–H groups in total. The van der Waals surface area contributed by atoms with Crippen LogP contribution in [0.2, 0.25) is 5.15 Å². The van der Waals surface area contributed by atoms with Crippen molar-refractivity contribution in [3.8, 4) is 0 Å². The van der Waals surface area contributed by atoms with Crippen molar-refractivity contribution in [2.24, 2.45) is 0 Å². The Kier molecular flexibility index (Phi) is 3.71. The molecule has 0 bridgehead atoms. The van der Waals surface area contributed by atoms with E-state index in [1.165, 1.54) is 6.33 Å². The van der Waals surface area contributed by atoms with Crippen molar-refractivity contribution in [2.75, 3.05) is 0 Å². The fourth-order valence-electron chi connectivity index (χ4n) is 2.03. The largest absolute Gasteiger partial charge is 0.294 e. The smallest absolute Gasteiger partial charge is 0.268 e. The third-order valence-electron chi connectivity index (χ3n) is 3.02.